The Kier molecular flexibility index (Phi) is 6.40. The number of thiocarbonyl (C=S) groups is 1. The lowest BCUT2D eigenvalue weighted by Gasteiger charge is -2.30. The fraction of sp³-hybridized carbons (Fsp3) is 0.300. The van der Waals surface area contributed by atoms with Crippen molar-refractivity contribution in [3.63, 3.8) is 0 Å². The van der Waals surface area contributed by atoms with Crippen LogP contribution in [0.4, 0.5) is 17.1 Å². The lowest BCUT2D eigenvalue weighted by atomic mass is 10.1. The molecule has 152 valence electrons. The van der Waals surface area contributed by atoms with Gasteiger partial charge in [-0.3, -0.25) is 20.2 Å². The van der Waals surface area contributed by atoms with Gasteiger partial charge in [-0.05, 0) is 55.4 Å². The first-order chi connectivity index (χ1) is 13.8. The molecule has 0 spiro atoms. The van der Waals surface area contributed by atoms with Gasteiger partial charge in [0.15, 0.2) is 5.11 Å². The van der Waals surface area contributed by atoms with Gasteiger partial charge in [0, 0.05) is 30.9 Å². The van der Waals surface area contributed by atoms with Crippen molar-refractivity contribution in [1.29, 1.82) is 0 Å². The van der Waals surface area contributed by atoms with E-state index in [9.17, 15) is 14.9 Å². The van der Waals surface area contributed by atoms with E-state index in [0.717, 1.165) is 16.8 Å². The van der Waals surface area contributed by atoms with Crippen molar-refractivity contribution in [3.8, 4) is 0 Å². The fourth-order valence-corrected chi connectivity index (χ4v) is 3.49. The summed E-state index contributed by atoms with van der Waals surface area (Å²) in [7, 11) is 0. The number of nitrogens with zero attached hydrogens (tertiary/aromatic N) is 2. The first kappa shape index (κ1) is 20.7. The molecule has 1 aliphatic rings. The molecule has 1 aliphatic heterocycles. The second-order valence-electron chi connectivity index (χ2n) is 6.84. The first-order valence-corrected chi connectivity index (χ1v) is 9.56. The van der Waals surface area contributed by atoms with E-state index in [4.69, 9.17) is 17.0 Å². The third kappa shape index (κ3) is 5.27. The number of non-ortho nitro benzene ring substituents is 1. The minimum atomic E-state index is -0.522. The number of rotatable bonds is 4. The van der Waals surface area contributed by atoms with Crippen molar-refractivity contribution in [2.24, 2.45) is 0 Å². The van der Waals surface area contributed by atoms with Gasteiger partial charge in [0.2, 0.25) is 0 Å². The predicted octanol–water partition coefficient (Wildman–Crippen LogP) is 3.18. The summed E-state index contributed by atoms with van der Waals surface area (Å²) in [6.07, 6.45) is 0. The minimum Gasteiger partial charge on any atom is -0.378 e. The van der Waals surface area contributed by atoms with Crippen molar-refractivity contribution < 1.29 is 14.5 Å². The standard InChI is InChI=1S/C20H22N4O4S/c1-13-9-14(2)11-15(10-13)21-20(29)22-19(25)17-12-16(24(26)27)3-4-18(17)23-5-7-28-8-6-23/h3-4,9-12H,5-8H2,1-2H3,(H2,21,22,25,29). The third-order valence-corrected chi connectivity index (χ3v) is 4.70. The Morgan fingerprint density at radius 1 is 1.14 bits per heavy atom. The van der Waals surface area contributed by atoms with Crippen LogP contribution < -0.4 is 15.5 Å². The molecular weight excluding hydrogens is 392 g/mol. The van der Waals surface area contributed by atoms with E-state index in [1.807, 2.05) is 36.9 Å². The average molecular weight is 414 g/mol. The SMILES string of the molecule is Cc1cc(C)cc(NC(=S)NC(=O)c2cc([N+](=O)[O-])ccc2N2CCOCC2)c1. The highest BCUT2D eigenvalue weighted by molar-refractivity contribution is 7.80. The van der Waals surface area contributed by atoms with Crippen LogP contribution in [0.3, 0.4) is 0 Å². The molecule has 3 rings (SSSR count). The normalized spacial score (nSPS) is 13.7. The molecule has 2 aromatic rings. The van der Waals surface area contributed by atoms with Crippen LogP contribution in [0.1, 0.15) is 21.5 Å². The van der Waals surface area contributed by atoms with Gasteiger partial charge in [-0.15, -0.1) is 0 Å². The zero-order chi connectivity index (χ0) is 21.0. The minimum absolute atomic E-state index is 0.124. The van der Waals surface area contributed by atoms with E-state index < -0.39 is 10.8 Å². The number of nitrogens with one attached hydrogen (secondary N) is 2. The van der Waals surface area contributed by atoms with Crippen LogP contribution in [0.15, 0.2) is 36.4 Å². The van der Waals surface area contributed by atoms with Crippen LogP contribution in [-0.2, 0) is 4.74 Å². The molecule has 0 bridgehead atoms. The summed E-state index contributed by atoms with van der Waals surface area (Å²) in [6, 6.07) is 10.1. The van der Waals surface area contributed by atoms with Crippen LogP contribution in [0.2, 0.25) is 0 Å². The molecule has 0 radical (unpaired) electrons. The molecule has 2 N–H and O–H groups in total. The van der Waals surface area contributed by atoms with Crippen LogP contribution in [-0.4, -0.2) is 42.2 Å². The number of carbonyl (C=O) groups is 1. The number of nitro groups is 1. The van der Waals surface area contributed by atoms with Crippen molar-refractivity contribution in [1.82, 2.24) is 5.32 Å². The molecule has 0 saturated carbocycles. The molecule has 0 aliphatic carbocycles. The van der Waals surface area contributed by atoms with Gasteiger partial charge in [0.25, 0.3) is 11.6 Å². The molecule has 1 saturated heterocycles. The number of anilines is 2. The number of morpholine rings is 1. The molecule has 9 heteroatoms. The van der Waals surface area contributed by atoms with Crippen molar-refractivity contribution in [2.45, 2.75) is 13.8 Å². The maximum absolute atomic E-state index is 12.9. The molecule has 1 heterocycles. The Hall–Kier alpha value is -3.04. The maximum Gasteiger partial charge on any atom is 0.270 e. The molecular formula is C20H22N4O4S. The Labute approximate surface area is 174 Å². The zero-order valence-electron chi connectivity index (χ0n) is 16.2. The Bertz CT molecular complexity index is 937. The van der Waals surface area contributed by atoms with Gasteiger partial charge in [0.1, 0.15) is 0 Å². The second kappa shape index (κ2) is 8.97. The summed E-state index contributed by atoms with van der Waals surface area (Å²) in [4.78, 5) is 25.5. The Morgan fingerprint density at radius 2 is 1.79 bits per heavy atom. The molecule has 0 atom stereocenters. The summed E-state index contributed by atoms with van der Waals surface area (Å²) in [5.74, 6) is -0.503. The van der Waals surface area contributed by atoms with Gasteiger partial charge in [-0.1, -0.05) is 6.07 Å². The summed E-state index contributed by atoms with van der Waals surface area (Å²) in [5.41, 5.74) is 3.56. The van der Waals surface area contributed by atoms with Gasteiger partial charge < -0.3 is 15.0 Å². The van der Waals surface area contributed by atoms with E-state index in [2.05, 4.69) is 10.6 Å². The van der Waals surface area contributed by atoms with E-state index in [-0.39, 0.29) is 16.4 Å². The number of ether oxygens (including phenoxy) is 1. The van der Waals surface area contributed by atoms with Gasteiger partial charge in [0.05, 0.1) is 29.4 Å². The number of amides is 1. The Morgan fingerprint density at radius 3 is 2.41 bits per heavy atom. The van der Waals surface area contributed by atoms with E-state index >= 15 is 0 Å². The number of carbonyl (C=O) groups excluding carboxylic acids is 1. The first-order valence-electron chi connectivity index (χ1n) is 9.15. The summed E-state index contributed by atoms with van der Waals surface area (Å²) in [5, 5.41) is 16.9. The van der Waals surface area contributed by atoms with E-state index in [0.29, 0.717) is 32.0 Å². The smallest absolute Gasteiger partial charge is 0.270 e. The highest BCUT2D eigenvalue weighted by Gasteiger charge is 2.22. The third-order valence-electron chi connectivity index (χ3n) is 4.49. The van der Waals surface area contributed by atoms with Gasteiger partial charge in [-0.25, -0.2) is 0 Å². The molecule has 1 amide bonds. The molecule has 8 nitrogen and oxygen atoms in total. The van der Waals surface area contributed by atoms with Gasteiger partial charge in [-0.2, -0.15) is 0 Å². The largest absolute Gasteiger partial charge is 0.378 e. The number of hydrogen-bond acceptors (Lipinski definition) is 6. The number of benzene rings is 2. The number of nitro benzene ring substituents is 1. The average Bonchev–Trinajstić information content (AvgIpc) is 2.67. The van der Waals surface area contributed by atoms with Crippen molar-refractivity contribution in [3.05, 3.63) is 63.2 Å². The van der Waals surface area contributed by atoms with E-state index in [1.54, 1.807) is 6.07 Å². The van der Waals surface area contributed by atoms with Crippen LogP contribution in [0.25, 0.3) is 0 Å². The lowest BCUT2D eigenvalue weighted by Crippen LogP contribution is -2.39. The molecule has 0 unspecified atom stereocenters. The number of hydrogen-bond donors (Lipinski definition) is 2. The lowest BCUT2D eigenvalue weighted by molar-refractivity contribution is -0.384. The van der Waals surface area contributed by atoms with Crippen LogP contribution >= 0.6 is 12.2 Å². The quantitative estimate of drug-likeness (QED) is 0.451. The van der Waals surface area contributed by atoms with Crippen LogP contribution in [0.5, 0.6) is 0 Å². The molecule has 1 fully saturated rings. The summed E-state index contributed by atoms with van der Waals surface area (Å²) < 4.78 is 5.35. The summed E-state index contributed by atoms with van der Waals surface area (Å²) in [6.45, 7) is 6.21. The maximum atomic E-state index is 12.9. The highest BCUT2D eigenvalue weighted by atomic mass is 32.1. The van der Waals surface area contributed by atoms with E-state index in [1.165, 1.54) is 12.1 Å². The van der Waals surface area contributed by atoms with Crippen LogP contribution in [0, 0.1) is 24.0 Å². The van der Waals surface area contributed by atoms with Crippen molar-refractivity contribution in [2.75, 3.05) is 36.5 Å². The summed E-state index contributed by atoms with van der Waals surface area (Å²) >= 11 is 5.27. The molecule has 0 aromatic heterocycles. The fourth-order valence-electron chi connectivity index (χ4n) is 3.28. The monoisotopic (exact) mass is 414 g/mol. The highest BCUT2D eigenvalue weighted by Crippen LogP contribution is 2.26. The second-order valence-corrected chi connectivity index (χ2v) is 7.25. The van der Waals surface area contributed by atoms with Crippen molar-refractivity contribution >= 4 is 40.3 Å². The zero-order valence-corrected chi connectivity index (χ0v) is 17.0. The predicted molar refractivity (Wildman–Crippen MR) is 116 cm³/mol. The topological polar surface area (TPSA) is 96.7 Å². The van der Waals surface area contributed by atoms with Gasteiger partial charge >= 0.3 is 0 Å². The Balaban J connectivity index is 1.81. The number of aryl methyl sites for hydroxylation is 2. The molecule has 2 aromatic carbocycles. The molecule has 29 heavy (non-hydrogen) atoms.